The van der Waals surface area contributed by atoms with Crippen LogP contribution in [0.15, 0.2) is 30.5 Å². The topological polar surface area (TPSA) is 236 Å². The summed E-state index contributed by atoms with van der Waals surface area (Å²) in [5.74, 6) is -3.96. The number of nitrogens with one attached hydrogen (secondary N) is 4. The zero-order chi connectivity index (χ0) is 27.4. The first kappa shape index (κ1) is 29.3. The van der Waals surface area contributed by atoms with Gasteiger partial charge in [0.1, 0.15) is 12.1 Å². The summed E-state index contributed by atoms with van der Waals surface area (Å²) in [5.41, 5.74) is 18.5. The number of rotatable bonds is 16. The van der Waals surface area contributed by atoms with Crippen LogP contribution < -0.4 is 33.2 Å². The fourth-order valence-electron chi connectivity index (χ4n) is 3.75. The smallest absolute Gasteiger partial charge is 0.326 e. The number of nitrogens with two attached hydrogens (primary N) is 3. The van der Waals surface area contributed by atoms with E-state index in [1.165, 1.54) is 0 Å². The van der Waals surface area contributed by atoms with E-state index in [9.17, 15) is 29.1 Å². The molecule has 1 heterocycles. The molecule has 1 aromatic heterocycles. The lowest BCUT2D eigenvalue weighted by atomic mass is 10.0. The van der Waals surface area contributed by atoms with Crippen LogP contribution in [0.3, 0.4) is 0 Å². The van der Waals surface area contributed by atoms with Crippen LogP contribution in [0.1, 0.15) is 37.7 Å². The molecule has 0 saturated heterocycles. The van der Waals surface area contributed by atoms with Crippen LogP contribution >= 0.6 is 0 Å². The first-order valence-corrected chi connectivity index (χ1v) is 12.0. The van der Waals surface area contributed by atoms with Crippen molar-refractivity contribution < 1.29 is 29.1 Å². The Morgan fingerprint density at radius 1 is 0.973 bits per heavy atom. The minimum absolute atomic E-state index is 0.184. The molecule has 13 nitrogen and oxygen atoms in total. The van der Waals surface area contributed by atoms with Crippen molar-refractivity contribution in [2.75, 3.05) is 13.1 Å². The summed E-state index contributed by atoms with van der Waals surface area (Å²) in [4.78, 5) is 63.1. The Bertz CT molecular complexity index is 1100. The fraction of sp³-hybridized carbons (Fsp3) is 0.458. The standard InChI is InChI=1S/C24H35N7O6/c25-10-4-3-7-18(23(35)29-13-21(33)30-19(24(36)37)8-9-20(27)32)31-22(34)16(26)11-14-12-28-17-6-2-1-5-15(14)17/h1-2,5-6,12,16,18-19,28H,3-4,7-11,13,25-26H2,(H2,27,32)(H,29,35)(H,30,33)(H,31,34)(H,36,37). The van der Waals surface area contributed by atoms with Gasteiger partial charge in [0, 0.05) is 23.5 Å². The van der Waals surface area contributed by atoms with Gasteiger partial charge in [0.15, 0.2) is 0 Å². The van der Waals surface area contributed by atoms with Gasteiger partial charge in [-0.05, 0) is 50.3 Å². The van der Waals surface area contributed by atoms with Crippen LogP contribution in [0.25, 0.3) is 10.9 Å². The zero-order valence-corrected chi connectivity index (χ0v) is 20.5. The summed E-state index contributed by atoms with van der Waals surface area (Å²) in [6, 6.07) is 4.38. The number of primary amides is 1. The van der Waals surface area contributed by atoms with Crippen molar-refractivity contribution >= 4 is 40.5 Å². The van der Waals surface area contributed by atoms with E-state index in [-0.39, 0.29) is 25.7 Å². The Labute approximate surface area is 213 Å². The van der Waals surface area contributed by atoms with Crippen molar-refractivity contribution in [1.82, 2.24) is 20.9 Å². The SMILES string of the molecule is NCCCCC(NC(=O)C(N)Cc1c[nH]c2ccccc12)C(=O)NCC(=O)NC(CCC(N)=O)C(=O)O. The molecule has 11 N–H and O–H groups in total. The monoisotopic (exact) mass is 517 g/mol. The van der Waals surface area contributed by atoms with Gasteiger partial charge in [-0.2, -0.15) is 0 Å². The maximum atomic E-state index is 12.8. The molecule has 13 heteroatoms. The molecule has 4 amide bonds. The third-order valence-electron chi connectivity index (χ3n) is 5.77. The van der Waals surface area contributed by atoms with Gasteiger partial charge in [0.25, 0.3) is 0 Å². The number of unbranched alkanes of at least 4 members (excludes halogenated alkanes) is 1. The van der Waals surface area contributed by atoms with Crippen LogP contribution in [0.4, 0.5) is 0 Å². The van der Waals surface area contributed by atoms with Crippen molar-refractivity contribution in [1.29, 1.82) is 0 Å². The number of aromatic amines is 1. The molecule has 0 aliphatic rings. The summed E-state index contributed by atoms with van der Waals surface area (Å²) < 4.78 is 0. The molecular weight excluding hydrogens is 482 g/mol. The number of carbonyl (C=O) groups is 5. The predicted octanol–water partition coefficient (Wildman–Crippen LogP) is -1.40. The van der Waals surface area contributed by atoms with Crippen LogP contribution in [0.5, 0.6) is 0 Å². The molecule has 37 heavy (non-hydrogen) atoms. The number of para-hydroxylation sites is 1. The number of carboxylic acids is 1. The summed E-state index contributed by atoms with van der Waals surface area (Å²) >= 11 is 0. The molecule has 0 aliphatic heterocycles. The number of carboxylic acid groups (broad SMARTS) is 1. The number of hydrogen-bond donors (Lipinski definition) is 8. The van der Waals surface area contributed by atoms with E-state index in [0.29, 0.717) is 19.4 Å². The minimum Gasteiger partial charge on any atom is -0.480 e. The van der Waals surface area contributed by atoms with Gasteiger partial charge in [-0.15, -0.1) is 0 Å². The molecule has 3 atom stereocenters. The van der Waals surface area contributed by atoms with Crippen LogP contribution in [-0.4, -0.2) is 70.9 Å². The molecule has 2 aromatic rings. The predicted molar refractivity (Wildman–Crippen MR) is 136 cm³/mol. The van der Waals surface area contributed by atoms with Crippen molar-refractivity contribution in [2.24, 2.45) is 17.2 Å². The highest BCUT2D eigenvalue weighted by molar-refractivity contribution is 5.93. The fourth-order valence-corrected chi connectivity index (χ4v) is 3.75. The van der Waals surface area contributed by atoms with E-state index in [0.717, 1.165) is 16.5 Å². The van der Waals surface area contributed by atoms with Gasteiger partial charge >= 0.3 is 5.97 Å². The molecule has 0 aliphatic carbocycles. The van der Waals surface area contributed by atoms with Gasteiger partial charge in [-0.25, -0.2) is 4.79 Å². The van der Waals surface area contributed by atoms with Crippen LogP contribution in [0.2, 0.25) is 0 Å². The Hall–Kier alpha value is -3.97. The Kier molecular flexibility index (Phi) is 11.5. The Morgan fingerprint density at radius 3 is 2.38 bits per heavy atom. The lowest BCUT2D eigenvalue weighted by Gasteiger charge is -2.21. The summed E-state index contributed by atoms with van der Waals surface area (Å²) in [5, 5.41) is 17.4. The average Bonchev–Trinajstić information content (AvgIpc) is 3.26. The maximum absolute atomic E-state index is 12.8. The Morgan fingerprint density at radius 2 is 1.70 bits per heavy atom. The molecule has 2 rings (SSSR count). The number of carbonyl (C=O) groups excluding carboxylic acids is 4. The molecule has 1 aromatic carbocycles. The molecular formula is C24H35N7O6. The molecule has 202 valence electrons. The van der Waals surface area contributed by atoms with Crippen LogP contribution in [0, 0.1) is 0 Å². The van der Waals surface area contributed by atoms with Gasteiger partial charge in [-0.1, -0.05) is 18.2 Å². The lowest BCUT2D eigenvalue weighted by molar-refractivity contribution is -0.142. The summed E-state index contributed by atoms with van der Waals surface area (Å²) in [6.07, 6.45) is 3.07. The first-order chi connectivity index (χ1) is 17.6. The summed E-state index contributed by atoms with van der Waals surface area (Å²) in [6.45, 7) is -0.115. The third-order valence-corrected chi connectivity index (χ3v) is 5.77. The van der Waals surface area contributed by atoms with Gasteiger partial charge in [0.2, 0.25) is 23.6 Å². The zero-order valence-electron chi connectivity index (χ0n) is 20.5. The average molecular weight is 518 g/mol. The molecule has 3 unspecified atom stereocenters. The quantitative estimate of drug-likeness (QED) is 0.123. The van der Waals surface area contributed by atoms with Crippen molar-refractivity contribution in [3.05, 3.63) is 36.0 Å². The van der Waals surface area contributed by atoms with Crippen molar-refractivity contribution in [2.45, 2.75) is 56.7 Å². The second-order valence-electron chi connectivity index (χ2n) is 8.70. The van der Waals surface area contributed by atoms with E-state index < -0.39 is 54.3 Å². The highest BCUT2D eigenvalue weighted by Gasteiger charge is 2.25. The van der Waals surface area contributed by atoms with Crippen molar-refractivity contribution in [3.63, 3.8) is 0 Å². The third kappa shape index (κ3) is 9.54. The van der Waals surface area contributed by atoms with Gasteiger partial charge in [-0.3, -0.25) is 19.2 Å². The lowest BCUT2D eigenvalue weighted by Crippen LogP contribution is -2.53. The second-order valence-corrected chi connectivity index (χ2v) is 8.70. The van der Waals surface area contributed by atoms with Crippen LogP contribution in [-0.2, 0) is 30.4 Å². The molecule has 0 bridgehead atoms. The van der Waals surface area contributed by atoms with Crippen molar-refractivity contribution in [3.8, 4) is 0 Å². The number of H-pyrrole nitrogens is 1. The number of hydrogen-bond acceptors (Lipinski definition) is 7. The minimum atomic E-state index is -1.34. The second kappa shape index (κ2) is 14.6. The molecule has 0 radical (unpaired) electrons. The number of aliphatic carboxylic acids is 1. The number of fused-ring (bicyclic) bond motifs is 1. The molecule has 0 spiro atoms. The maximum Gasteiger partial charge on any atom is 0.326 e. The first-order valence-electron chi connectivity index (χ1n) is 12.0. The van der Waals surface area contributed by atoms with E-state index >= 15 is 0 Å². The number of benzene rings is 1. The normalized spacial score (nSPS) is 13.4. The largest absolute Gasteiger partial charge is 0.480 e. The van der Waals surface area contributed by atoms with E-state index in [1.54, 1.807) is 6.20 Å². The molecule has 0 saturated carbocycles. The number of amides is 4. The van der Waals surface area contributed by atoms with E-state index in [4.69, 9.17) is 17.2 Å². The molecule has 0 fully saturated rings. The Balaban J connectivity index is 1.95. The number of aromatic nitrogens is 1. The van der Waals surface area contributed by atoms with E-state index in [2.05, 4.69) is 20.9 Å². The van der Waals surface area contributed by atoms with Gasteiger partial charge < -0.3 is 43.2 Å². The highest BCUT2D eigenvalue weighted by atomic mass is 16.4. The van der Waals surface area contributed by atoms with Gasteiger partial charge in [0.05, 0.1) is 12.6 Å². The van der Waals surface area contributed by atoms with E-state index in [1.807, 2.05) is 24.3 Å². The summed E-state index contributed by atoms with van der Waals surface area (Å²) in [7, 11) is 0. The highest BCUT2D eigenvalue weighted by Crippen LogP contribution is 2.18.